The molecule has 4 aromatic rings. The summed E-state index contributed by atoms with van der Waals surface area (Å²) in [6, 6.07) is 16.3. The third kappa shape index (κ3) is 7.85. The number of aromatic nitrogens is 2. The lowest BCUT2D eigenvalue weighted by Gasteiger charge is -2.36. The van der Waals surface area contributed by atoms with E-state index in [0.29, 0.717) is 28.9 Å². The summed E-state index contributed by atoms with van der Waals surface area (Å²) in [5.74, 6) is -0.309. The molecule has 1 aromatic heterocycles. The molecular weight excluding hydrogens is 630 g/mol. The molecule has 0 spiro atoms. The van der Waals surface area contributed by atoms with Gasteiger partial charge >= 0.3 is 0 Å². The number of amides is 1. The zero-order chi connectivity index (χ0) is 34.8. The van der Waals surface area contributed by atoms with Crippen LogP contribution in [0.5, 0.6) is 5.75 Å². The third-order valence-electron chi connectivity index (χ3n) is 8.31. The van der Waals surface area contributed by atoms with Crippen LogP contribution in [-0.2, 0) is 20.2 Å². The first-order valence-electron chi connectivity index (χ1n) is 15.8. The molecule has 1 fully saturated rings. The molecule has 0 unspecified atom stereocenters. The fourth-order valence-electron chi connectivity index (χ4n) is 5.70. The third-order valence-corrected chi connectivity index (χ3v) is 8.90. The van der Waals surface area contributed by atoms with Crippen molar-refractivity contribution in [3.63, 3.8) is 0 Å². The zero-order valence-corrected chi connectivity index (χ0v) is 29.2. The van der Waals surface area contributed by atoms with Crippen LogP contribution in [0, 0.1) is 0 Å². The number of ether oxygens (including phenoxy) is 1. The second-order valence-electron chi connectivity index (χ2n) is 13.2. The molecule has 1 aliphatic rings. The van der Waals surface area contributed by atoms with Crippen LogP contribution in [0.3, 0.4) is 0 Å². The highest BCUT2D eigenvalue weighted by Crippen LogP contribution is 2.39. The number of sulfonamides is 1. The fourth-order valence-corrected chi connectivity index (χ4v) is 6.26. The molecular formula is C35H43N7O5S. The van der Waals surface area contributed by atoms with Crippen molar-refractivity contribution < 1.29 is 22.7 Å². The maximum atomic E-state index is 13.7. The molecule has 254 valence electrons. The van der Waals surface area contributed by atoms with Crippen LogP contribution < -0.4 is 25.0 Å². The predicted octanol–water partition coefficient (Wildman–Crippen LogP) is 5.40. The number of piperazine rings is 1. The monoisotopic (exact) mass is 673 g/mol. The summed E-state index contributed by atoms with van der Waals surface area (Å²) in [5, 5.41) is 7.36. The molecule has 1 aliphatic heterocycles. The summed E-state index contributed by atoms with van der Waals surface area (Å²) in [6.45, 7) is 13.8. The Labute approximate surface area is 282 Å². The van der Waals surface area contributed by atoms with E-state index in [9.17, 15) is 18.0 Å². The van der Waals surface area contributed by atoms with Gasteiger partial charge in [-0.05, 0) is 60.5 Å². The Hall–Kier alpha value is -4.75. The predicted molar refractivity (Wildman–Crippen MR) is 191 cm³/mol. The topological polar surface area (TPSA) is 146 Å². The van der Waals surface area contributed by atoms with Gasteiger partial charge in [0.05, 0.1) is 24.7 Å². The van der Waals surface area contributed by atoms with E-state index < -0.39 is 27.1 Å². The molecule has 3 N–H and O–H groups in total. The number of Topliss-reactive ketones (excluding diaryl/α,β-unsaturated/α-hetero) is 1. The normalized spacial score (nSPS) is 14.2. The van der Waals surface area contributed by atoms with Crippen LogP contribution in [0.1, 0.15) is 50.5 Å². The van der Waals surface area contributed by atoms with Gasteiger partial charge in [-0.3, -0.25) is 19.2 Å². The van der Waals surface area contributed by atoms with Crippen molar-refractivity contribution in [2.24, 2.45) is 0 Å². The van der Waals surface area contributed by atoms with Crippen molar-refractivity contribution in [1.82, 2.24) is 14.9 Å². The Balaban J connectivity index is 1.41. The first-order valence-corrected chi connectivity index (χ1v) is 17.7. The SMILES string of the molecule is COc1c(NC(=O)C(=O)c2ccc(Nc3ccnc(N4CCN(C(C)C)CC4)n3)c3ccccc23)cc(C(C)(C)C)cc1NS(C)(=O)=O. The number of carbonyl (C=O) groups is 2. The van der Waals surface area contributed by atoms with Crippen molar-refractivity contribution in [2.45, 2.75) is 46.1 Å². The van der Waals surface area contributed by atoms with Crippen LogP contribution in [0.2, 0.25) is 0 Å². The van der Waals surface area contributed by atoms with Crippen molar-refractivity contribution in [3.8, 4) is 5.75 Å². The highest BCUT2D eigenvalue weighted by molar-refractivity contribution is 7.92. The molecule has 0 atom stereocenters. The Morgan fingerprint density at radius 2 is 1.58 bits per heavy atom. The van der Waals surface area contributed by atoms with E-state index in [-0.39, 0.29) is 22.7 Å². The molecule has 0 saturated carbocycles. The standard InChI is InChI=1S/C35H43N7O5S/c1-22(2)41-16-18-42(19-17-41)34-36-15-14-30(39-34)37-27-13-12-26(24-10-8-9-11-25(24)27)31(43)33(44)38-28-20-23(35(3,4)5)21-29(32(28)47-6)40-48(7,45)46/h8-15,20-22,40H,16-19H2,1-7H3,(H,38,44)(H,36,37,39). The van der Waals surface area contributed by atoms with Gasteiger partial charge in [-0.1, -0.05) is 45.0 Å². The smallest absolute Gasteiger partial charge is 0.296 e. The molecule has 12 nitrogen and oxygen atoms in total. The van der Waals surface area contributed by atoms with Gasteiger partial charge in [-0.15, -0.1) is 0 Å². The highest BCUT2D eigenvalue weighted by atomic mass is 32.2. The number of hydrogen-bond acceptors (Lipinski definition) is 10. The summed E-state index contributed by atoms with van der Waals surface area (Å²) in [6.07, 6.45) is 2.75. The van der Waals surface area contributed by atoms with Crippen LogP contribution in [0.15, 0.2) is 60.8 Å². The minimum atomic E-state index is -3.67. The molecule has 0 bridgehead atoms. The van der Waals surface area contributed by atoms with Crippen LogP contribution in [0.4, 0.5) is 28.8 Å². The zero-order valence-electron chi connectivity index (χ0n) is 28.4. The minimum Gasteiger partial charge on any atom is -0.492 e. The lowest BCUT2D eigenvalue weighted by Crippen LogP contribution is -2.49. The van der Waals surface area contributed by atoms with Crippen molar-refractivity contribution in [1.29, 1.82) is 0 Å². The molecule has 2 heterocycles. The van der Waals surface area contributed by atoms with Gasteiger partial charge in [0, 0.05) is 55.1 Å². The second-order valence-corrected chi connectivity index (χ2v) is 15.0. The molecule has 1 amide bonds. The molecule has 13 heteroatoms. The fraction of sp³-hybridized carbons (Fsp3) is 0.371. The lowest BCUT2D eigenvalue weighted by molar-refractivity contribution is -0.112. The number of carbonyl (C=O) groups excluding carboxylic acids is 2. The Morgan fingerprint density at radius 1 is 0.917 bits per heavy atom. The number of hydrogen-bond donors (Lipinski definition) is 3. The van der Waals surface area contributed by atoms with E-state index >= 15 is 0 Å². The summed E-state index contributed by atoms with van der Waals surface area (Å²) in [5.41, 5.74) is 1.57. The largest absolute Gasteiger partial charge is 0.492 e. The first-order chi connectivity index (χ1) is 22.6. The van der Waals surface area contributed by atoms with Crippen LogP contribution in [0.25, 0.3) is 10.8 Å². The minimum absolute atomic E-state index is 0.0880. The second kappa shape index (κ2) is 13.8. The van der Waals surface area contributed by atoms with Crippen molar-refractivity contribution in [3.05, 3.63) is 71.9 Å². The van der Waals surface area contributed by atoms with Crippen molar-refractivity contribution in [2.75, 3.05) is 59.8 Å². The molecule has 0 radical (unpaired) electrons. The molecule has 3 aromatic carbocycles. The molecule has 5 rings (SSSR count). The number of anilines is 5. The first kappa shape index (κ1) is 34.6. The van der Waals surface area contributed by atoms with Gasteiger partial charge in [0.2, 0.25) is 16.0 Å². The summed E-state index contributed by atoms with van der Waals surface area (Å²) >= 11 is 0. The lowest BCUT2D eigenvalue weighted by atomic mass is 9.86. The average Bonchev–Trinajstić information content (AvgIpc) is 3.03. The van der Waals surface area contributed by atoms with Gasteiger partial charge in [0.1, 0.15) is 5.82 Å². The number of nitrogens with one attached hydrogen (secondary N) is 3. The van der Waals surface area contributed by atoms with Gasteiger partial charge in [0.25, 0.3) is 11.7 Å². The number of rotatable bonds is 10. The quantitative estimate of drug-likeness (QED) is 0.148. The number of benzene rings is 3. The van der Waals surface area contributed by atoms with Crippen LogP contribution >= 0.6 is 0 Å². The van der Waals surface area contributed by atoms with Gasteiger partial charge < -0.3 is 20.3 Å². The number of fused-ring (bicyclic) bond motifs is 1. The van der Waals surface area contributed by atoms with E-state index in [4.69, 9.17) is 9.72 Å². The molecule has 1 saturated heterocycles. The highest BCUT2D eigenvalue weighted by Gasteiger charge is 2.26. The van der Waals surface area contributed by atoms with Crippen molar-refractivity contribution >= 4 is 61.3 Å². The maximum absolute atomic E-state index is 13.7. The summed E-state index contributed by atoms with van der Waals surface area (Å²) < 4.78 is 32.2. The van der Waals surface area contributed by atoms with E-state index in [1.54, 1.807) is 48.7 Å². The maximum Gasteiger partial charge on any atom is 0.296 e. The van der Waals surface area contributed by atoms with E-state index in [1.807, 2.05) is 32.9 Å². The Bertz CT molecular complexity index is 1950. The van der Waals surface area contributed by atoms with E-state index in [1.165, 1.54) is 7.11 Å². The van der Waals surface area contributed by atoms with Gasteiger partial charge in [-0.2, -0.15) is 4.98 Å². The van der Waals surface area contributed by atoms with E-state index in [0.717, 1.165) is 43.4 Å². The Morgan fingerprint density at radius 3 is 2.21 bits per heavy atom. The molecule has 0 aliphatic carbocycles. The average molecular weight is 674 g/mol. The number of ketones is 1. The molecule has 48 heavy (non-hydrogen) atoms. The summed E-state index contributed by atoms with van der Waals surface area (Å²) in [7, 11) is -2.30. The van der Waals surface area contributed by atoms with Gasteiger partial charge in [0.15, 0.2) is 5.75 Å². The van der Waals surface area contributed by atoms with Crippen LogP contribution in [-0.4, -0.2) is 80.6 Å². The van der Waals surface area contributed by atoms with E-state index in [2.05, 4.69) is 44.0 Å². The summed E-state index contributed by atoms with van der Waals surface area (Å²) in [4.78, 5) is 41.1. The number of methoxy groups -OCH3 is 1. The van der Waals surface area contributed by atoms with Gasteiger partial charge in [-0.25, -0.2) is 13.4 Å². The Kier molecular flexibility index (Phi) is 9.92. The number of nitrogens with zero attached hydrogens (tertiary/aromatic N) is 4.